The van der Waals surface area contributed by atoms with Gasteiger partial charge in [0.15, 0.2) is 0 Å². The standard InChI is InChI=1S/C19H16N4/c20-10-15-17(13-6-2-1-3-7-13)14-8-4-5-9-16(14)19(11-21,12-22)18(15)23/h1-3,6-7,9,14,17H,4-5,8,23H2. The lowest BCUT2D eigenvalue weighted by Gasteiger charge is -2.42. The second kappa shape index (κ2) is 5.64. The maximum atomic E-state index is 9.68. The molecule has 0 aromatic heterocycles. The van der Waals surface area contributed by atoms with Crippen LogP contribution in [-0.2, 0) is 0 Å². The van der Waals surface area contributed by atoms with E-state index in [0.717, 1.165) is 30.4 Å². The van der Waals surface area contributed by atoms with Crippen molar-refractivity contribution >= 4 is 0 Å². The Kier molecular flexibility index (Phi) is 3.65. The lowest BCUT2D eigenvalue weighted by Crippen LogP contribution is -2.40. The fourth-order valence-corrected chi connectivity index (χ4v) is 3.87. The van der Waals surface area contributed by atoms with Crippen molar-refractivity contribution in [3.63, 3.8) is 0 Å². The third kappa shape index (κ3) is 2.02. The van der Waals surface area contributed by atoms with Crippen LogP contribution in [0.3, 0.4) is 0 Å². The predicted octanol–water partition coefficient (Wildman–Crippen LogP) is 3.28. The second-order valence-corrected chi connectivity index (χ2v) is 6.00. The SMILES string of the molecule is N#CC1=C(N)C(C#N)(C#N)C2=CCCCC2C1c1ccccc1. The summed E-state index contributed by atoms with van der Waals surface area (Å²) in [4.78, 5) is 0. The largest absolute Gasteiger partial charge is 0.399 e. The number of rotatable bonds is 1. The minimum atomic E-state index is -1.50. The molecule has 3 rings (SSSR count). The summed E-state index contributed by atoms with van der Waals surface area (Å²) in [5, 5.41) is 29.0. The minimum absolute atomic E-state index is 0.0209. The average molecular weight is 300 g/mol. The number of allylic oxidation sites excluding steroid dienone is 3. The van der Waals surface area contributed by atoms with Gasteiger partial charge in [-0.05, 0) is 36.3 Å². The Morgan fingerprint density at radius 2 is 1.78 bits per heavy atom. The first-order valence-electron chi connectivity index (χ1n) is 7.67. The second-order valence-electron chi connectivity index (χ2n) is 6.00. The highest BCUT2D eigenvalue weighted by atomic mass is 14.7. The van der Waals surface area contributed by atoms with E-state index in [0.29, 0.717) is 5.57 Å². The molecule has 2 aliphatic carbocycles. The lowest BCUT2D eigenvalue weighted by molar-refractivity contribution is 0.391. The van der Waals surface area contributed by atoms with Gasteiger partial charge >= 0.3 is 0 Å². The van der Waals surface area contributed by atoms with Crippen molar-refractivity contribution in [1.29, 1.82) is 15.8 Å². The van der Waals surface area contributed by atoms with Gasteiger partial charge in [-0.1, -0.05) is 36.4 Å². The van der Waals surface area contributed by atoms with Crippen molar-refractivity contribution in [1.82, 2.24) is 0 Å². The maximum Gasteiger partial charge on any atom is 0.204 e. The third-order valence-corrected chi connectivity index (χ3v) is 4.94. The molecule has 1 aromatic carbocycles. The molecule has 4 nitrogen and oxygen atoms in total. The molecule has 0 spiro atoms. The van der Waals surface area contributed by atoms with Crippen LogP contribution in [-0.4, -0.2) is 0 Å². The van der Waals surface area contributed by atoms with Gasteiger partial charge in [-0.2, -0.15) is 15.8 Å². The fourth-order valence-electron chi connectivity index (χ4n) is 3.87. The molecule has 0 bridgehead atoms. The molecule has 2 N–H and O–H groups in total. The predicted molar refractivity (Wildman–Crippen MR) is 85.1 cm³/mol. The van der Waals surface area contributed by atoms with Crippen molar-refractivity contribution < 1.29 is 0 Å². The molecule has 2 unspecified atom stereocenters. The van der Waals surface area contributed by atoms with Gasteiger partial charge in [0.1, 0.15) is 0 Å². The van der Waals surface area contributed by atoms with Gasteiger partial charge in [0.25, 0.3) is 0 Å². The van der Waals surface area contributed by atoms with Crippen LogP contribution in [0.15, 0.2) is 53.3 Å². The topological polar surface area (TPSA) is 97.4 Å². The van der Waals surface area contributed by atoms with Crippen molar-refractivity contribution in [2.45, 2.75) is 25.2 Å². The van der Waals surface area contributed by atoms with E-state index in [1.54, 1.807) is 0 Å². The summed E-state index contributed by atoms with van der Waals surface area (Å²) in [5.41, 5.74) is 6.95. The van der Waals surface area contributed by atoms with Crippen LogP contribution < -0.4 is 5.73 Å². The van der Waals surface area contributed by atoms with Gasteiger partial charge in [-0.3, -0.25) is 0 Å². The van der Waals surface area contributed by atoms with Crippen molar-refractivity contribution in [2.24, 2.45) is 17.1 Å². The summed E-state index contributed by atoms with van der Waals surface area (Å²) < 4.78 is 0. The molecular weight excluding hydrogens is 284 g/mol. The highest BCUT2D eigenvalue weighted by Crippen LogP contribution is 2.54. The molecule has 0 fully saturated rings. The van der Waals surface area contributed by atoms with Crippen LogP contribution in [0.5, 0.6) is 0 Å². The van der Waals surface area contributed by atoms with Gasteiger partial charge in [-0.15, -0.1) is 0 Å². The Labute approximate surface area is 135 Å². The van der Waals surface area contributed by atoms with Crippen LogP contribution in [0.2, 0.25) is 0 Å². The first-order chi connectivity index (χ1) is 11.2. The number of nitrogens with two attached hydrogens (primary N) is 1. The molecule has 0 saturated heterocycles. The van der Waals surface area contributed by atoms with E-state index < -0.39 is 5.41 Å². The van der Waals surface area contributed by atoms with Gasteiger partial charge in [-0.25, -0.2) is 0 Å². The van der Waals surface area contributed by atoms with Crippen molar-refractivity contribution in [3.8, 4) is 18.2 Å². The quantitative estimate of drug-likeness (QED) is 0.805. The molecule has 2 atom stereocenters. The normalized spacial score (nSPS) is 25.3. The van der Waals surface area contributed by atoms with E-state index in [1.807, 2.05) is 36.4 Å². The Hall–Kier alpha value is -3.03. The summed E-state index contributed by atoms with van der Waals surface area (Å²) in [6, 6.07) is 16.1. The average Bonchev–Trinajstić information content (AvgIpc) is 2.62. The molecule has 0 saturated carbocycles. The van der Waals surface area contributed by atoms with Gasteiger partial charge in [0.05, 0.1) is 29.5 Å². The zero-order valence-corrected chi connectivity index (χ0v) is 12.7. The Morgan fingerprint density at radius 3 is 2.39 bits per heavy atom. The molecule has 0 amide bonds. The summed E-state index contributed by atoms with van der Waals surface area (Å²) in [7, 11) is 0. The summed E-state index contributed by atoms with van der Waals surface area (Å²) in [6.45, 7) is 0. The number of hydrogen-bond acceptors (Lipinski definition) is 4. The highest BCUT2D eigenvalue weighted by Gasteiger charge is 2.51. The van der Waals surface area contributed by atoms with Crippen molar-refractivity contribution in [3.05, 3.63) is 58.8 Å². The van der Waals surface area contributed by atoms with Crippen LogP contribution in [0.1, 0.15) is 30.7 Å². The highest BCUT2D eigenvalue weighted by molar-refractivity contribution is 5.58. The molecule has 23 heavy (non-hydrogen) atoms. The maximum absolute atomic E-state index is 9.68. The molecule has 112 valence electrons. The zero-order chi connectivity index (χ0) is 16.4. The smallest absolute Gasteiger partial charge is 0.204 e. The summed E-state index contributed by atoms with van der Waals surface area (Å²) >= 11 is 0. The number of benzene rings is 1. The first kappa shape index (κ1) is 14.9. The van der Waals surface area contributed by atoms with Crippen LogP contribution in [0.4, 0.5) is 0 Å². The first-order valence-corrected chi connectivity index (χ1v) is 7.67. The Bertz CT molecular complexity index is 798. The molecule has 0 radical (unpaired) electrons. The zero-order valence-electron chi connectivity index (χ0n) is 12.7. The molecule has 0 heterocycles. The molecule has 4 heteroatoms. The van der Waals surface area contributed by atoms with Crippen LogP contribution in [0, 0.1) is 45.3 Å². The molecule has 2 aliphatic rings. The third-order valence-electron chi connectivity index (χ3n) is 4.94. The lowest BCUT2D eigenvalue weighted by atomic mass is 9.58. The van der Waals surface area contributed by atoms with Gasteiger partial charge < -0.3 is 5.73 Å². The molecule has 1 aromatic rings. The number of nitrogens with zero attached hydrogens (tertiary/aromatic N) is 3. The monoisotopic (exact) mass is 300 g/mol. The number of fused-ring (bicyclic) bond motifs is 1. The van der Waals surface area contributed by atoms with E-state index in [1.165, 1.54) is 0 Å². The van der Waals surface area contributed by atoms with Crippen LogP contribution >= 0.6 is 0 Å². The molecular formula is C19H16N4. The summed E-state index contributed by atoms with van der Waals surface area (Å²) in [6.07, 6.45) is 4.67. The van der Waals surface area contributed by atoms with Crippen molar-refractivity contribution in [2.75, 3.05) is 0 Å². The van der Waals surface area contributed by atoms with E-state index in [4.69, 9.17) is 5.73 Å². The summed E-state index contributed by atoms with van der Waals surface area (Å²) in [5.74, 6) is -0.199. The number of nitriles is 3. The van der Waals surface area contributed by atoms with Gasteiger partial charge in [0.2, 0.25) is 5.41 Å². The van der Waals surface area contributed by atoms with E-state index in [9.17, 15) is 15.8 Å². The van der Waals surface area contributed by atoms with E-state index >= 15 is 0 Å². The van der Waals surface area contributed by atoms with Crippen LogP contribution in [0.25, 0.3) is 0 Å². The van der Waals surface area contributed by atoms with Gasteiger partial charge in [0, 0.05) is 5.92 Å². The fraction of sp³-hybridized carbons (Fsp3) is 0.316. The Morgan fingerprint density at radius 1 is 1.09 bits per heavy atom. The van der Waals surface area contributed by atoms with E-state index in [2.05, 4.69) is 18.2 Å². The molecule has 0 aliphatic heterocycles. The number of hydrogen-bond donors (Lipinski definition) is 1. The Balaban J connectivity index is 2.31. The minimum Gasteiger partial charge on any atom is -0.399 e. The van der Waals surface area contributed by atoms with E-state index in [-0.39, 0.29) is 17.5 Å².